The highest BCUT2D eigenvalue weighted by Gasteiger charge is 2.33. The SMILES string of the molecule is CC(C)NCC(C(=O)N1CCN(c2ncnc3c2C(C)OC(=O)N3)CC1)c1ccc(Cl)cc1. The van der Waals surface area contributed by atoms with Gasteiger partial charge in [-0.3, -0.25) is 10.1 Å². The Kier molecular flexibility index (Phi) is 6.99. The molecular formula is C23H29ClN6O3. The molecule has 2 N–H and O–H groups in total. The number of ether oxygens (including phenoxy) is 1. The molecule has 33 heavy (non-hydrogen) atoms. The molecular weight excluding hydrogens is 444 g/mol. The summed E-state index contributed by atoms with van der Waals surface area (Å²) >= 11 is 6.06. The van der Waals surface area contributed by atoms with Crippen molar-refractivity contribution in [2.45, 2.75) is 38.8 Å². The number of piperazine rings is 1. The van der Waals surface area contributed by atoms with E-state index in [9.17, 15) is 9.59 Å². The zero-order valence-corrected chi connectivity index (χ0v) is 19.8. The number of amides is 2. The minimum Gasteiger partial charge on any atom is -0.441 e. The van der Waals surface area contributed by atoms with Crippen molar-refractivity contribution in [3.63, 3.8) is 0 Å². The summed E-state index contributed by atoms with van der Waals surface area (Å²) in [4.78, 5) is 37.8. The van der Waals surface area contributed by atoms with Gasteiger partial charge in [-0.1, -0.05) is 37.6 Å². The van der Waals surface area contributed by atoms with Crippen molar-refractivity contribution in [1.29, 1.82) is 0 Å². The average Bonchev–Trinajstić information content (AvgIpc) is 2.79. The predicted octanol–water partition coefficient (Wildman–Crippen LogP) is 3.18. The third-order valence-corrected chi connectivity index (χ3v) is 6.22. The molecule has 176 valence electrons. The molecule has 1 fully saturated rings. The molecule has 0 radical (unpaired) electrons. The van der Waals surface area contributed by atoms with Crippen molar-refractivity contribution in [1.82, 2.24) is 20.2 Å². The van der Waals surface area contributed by atoms with Gasteiger partial charge >= 0.3 is 6.09 Å². The second-order valence-corrected chi connectivity index (χ2v) is 9.05. The van der Waals surface area contributed by atoms with Crippen LogP contribution in [0, 0.1) is 0 Å². The maximum atomic E-state index is 13.5. The fourth-order valence-corrected chi connectivity index (χ4v) is 4.34. The number of carbonyl (C=O) groups excluding carboxylic acids is 2. The van der Waals surface area contributed by atoms with E-state index in [4.69, 9.17) is 16.3 Å². The van der Waals surface area contributed by atoms with Crippen molar-refractivity contribution in [2.24, 2.45) is 0 Å². The van der Waals surface area contributed by atoms with Crippen LogP contribution in [0.2, 0.25) is 5.02 Å². The van der Waals surface area contributed by atoms with E-state index in [-0.39, 0.29) is 17.9 Å². The number of carbonyl (C=O) groups is 2. The van der Waals surface area contributed by atoms with Gasteiger partial charge < -0.3 is 19.9 Å². The summed E-state index contributed by atoms with van der Waals surface area (Å²) in [7, 11) is 0. The number of fused-ring (bicyclic) bond motifs is 1. The summed E-state index contributed by atoms with van der Waals surface area (Å²) in [6.45, 7) is 8.90. The highest BCUT2D eigenvalue weighted by Crippen LogP contribution is 2.35. The smallest absolute Gasteiger partial charge is 0.413 e. The second-order valence-electron chi connectivity index (χ2n) is 8.61. The maximum Gasteiger partial charge on any atom is 0.413 e. The third-order valence-electron chi connectivity index (χ3n) is 5.97. The number of aromatic nitrogens is 2. The zero-order valence-electron chi connectivity index (χ0n) is 19.0. The Morgan fingerprint density at radius 2 is 1.91 bits per heavy atom. The Morgan fingerprint density at radius 3 is 2.58 bits per heavy atom. The summed E-state index contributed by atoms with van der Waals surface area (Å²) < 4.78 is 5.30. The molecule has 2 aliphatic heterocycles. The molecule has 3 heterocycles. The number of nitrogens with one attached hydrogen (secondary N) is 2. The van der Waals surface area contributed by atoms with Crippen molar-refractivity contribution in [3.8, 4) is 0 Å². The number of benzene rings is 1. The molecule has 2 unspecified atom stereocenters. The monoisotopic (exact) mass is 472 g/mol. The molecule has 0 bridgehead atoms. The van der Waals surface area contributed by atoms with Gasteiger partial charge in [0.15, 0.2) is 0 Å². The Balaban J connectivity index is 1.47. The van der Waals surface area contributed by atoms with Crippen LogP contribution in [0.25, 0.3) is 0 Å². The van der Waals surface area contributed by atoms with Crippen LogP contribution in [0.3, 0.4) is 0 Å². The van der Waals surface area contributed by atoms with Gasteiger partial charge in [-0.25, -0.2) is 14.8 Å². The van der Waals surface area contributed by atoms with Crippen LogP contribution < -0.4 is 15.5 Å². The highest BCUT2D eigenvalue weighted by atomic mass is 35.5. The third kappa shape index (κ3) is 5.20. The second kappa shape index (κ2) is 9.93. The Bertz CT molecular complexity index is 1010. The molecule has 0 aliphatic carbocycles. The molecule has 0 saturated carbocycles. The molecule has 2 atom stereocenters. The molecule has 0 spiro atoms. The summed E-state index contributed by atoms with van der Waals surface area (Å²) in [5.41, 5.74) is 1.71. The summed E-state index contributed by atoms with van der Waals surface area (Å²) in [6.07, 6.45) is 0.484. The van der Waals surface area contributed by atoms with Crippen LogP contribution in [-0.2, 0) is 9.53 Å². The number of cyclic esters (lactones) is 1. The van der Waals surface area contributed by atoms with Gasteiger partial charge in [-0.15, -0.1) is 0 Å². The summed E-state index contributed by atoms with van der Waals surface area (Å²) in [5, 5.41) is 6.69. The standard InChI is InChI=1S/C23H29ClN6O3/c1-14(2)25-12-18(16-4-6-17(24)7-5-16)22(31)30-10-8-29(9-11-30)21-19-15(3)33-23(32)28-20(19)26-13-27-21/h4-7,13-15,18,25H,8-12H2,1-3H3,(H,26,27,28,32). The highest BCUT2D eigenvalue weighted by molar-refractivity contribution is 6.30. The Labute approximate surface area is 198 Å². The van der Waals surface area contributed by atoms with Crippen LogP contribution >= 0.6 is 11.6 Å². The van der Waals surface area contributed by atoms with E-state index < -0.39 is 12.2 Å². The topological polar surface area (TPSA) is 99.7 Å². The van der Waals surface area contributed by atoms with Gasteiger partial charge in [-0.2, -0.15) is 0 Å². The fourth-order valence-electron chi connectivity index (χ4n) is 4.21. The van der Waals surface area contributed by atoms with Crippen LogP contribution in [-0.4, -0.2) is 65.6 Å². The number of halogens is 1. The minimum absolute atomic E-state index is 0.0961. The number of rotatable bonds is 6. The number of hydrogen-bond donors (Lipinski definition) is 2. The van der Waals surface area contributed by atoms with Crippen molar-refractivity contribution >= 4 is 35.2 Å². The van der Waals surface area contributed by atoms with Crippen LogP contribution in [0.1, 0.15) is 43.9 Å². The van der Waals surface area contributed by atoms with E-state index in [1.165, 1.54) is 6.33 Å². The molecule has 10 heteroatoms. The first-order valence-corrected chi connectivity index (χ1v) is 11.6. The molecule has 1 aromatic heterocycles. The van der Waals surface area contributed by atoms with Crippen molar-refractivity contribution in [3.05, 3.63) is 46.7 Å². The quantitative estimate of drug-likeness (QED) is 0.666. The lowest BCUT2D eigenvalue weighted by Gasteiger charge is -2.38. The van der Waals surface area contributed by atoms with Gasteiger partial charge in [0.25, 0.3) is 0 Å². The first kappa shape index (κ1) is 23.3. The number of nitrogens with zero attached hydrogens (tertiary/aromatic N) is 4. The largest absolute Gasteiger partial charge is 0.441 e. The van der Waals surface area contributed by atoms with Crippen molar-refractivity contribution < 1.29 is 14.3 Å². The van der Waals surface area contributed by atoms with Crippen LogP contribution in [0.4, 0.5) is 16.4 Å². The van der Waals surface area contributed by atoms with Gasteiger partial charge in [0.2, 0.25) is 5.91 Å². The molecule has 4 rings (SSSR count). The molecule has 2 amide bonds. The van der Waals surface area contributed by atoms with Crippen LogP contribution in [0.5, 0.6) is 0 Å². The van der Waals surface area contributed by atoms with E-state index in [1.807, 2.05) is 36.1 Å². The molecule has 1 aromatic carbocycles. The van der Waals surface area contributed by atoms with E-state index in [0.717, 1.165) is 16.9 Å². The lowest BCUT2D eigenvalue weighted by Crippen LogP contribution is -2.51. The van der Waals surface area contributed by atoms with E-state index >= 15 is 0 Å². The Hall–Kier alpha value is -2.91. The number of hydrogen-bond acceptors (Lipinski definition) is 7. The van der Waals surface area contributed by atoms with Crippen molar-refractivity contribution in [2.75, 3.05) is 42.9 Å². The van der Waals surface area contributed by atoms with E-state index in [2.05, 4.69) is 39.3 Å². The minimum atomic E-state index is -0.515. The number of anilines is 2. The van der Waals surface area contributed by atoms with E-state index in [0.29, 0.717) is 43.6 Å². The van der Waals surface area contributed by atoms with Gasteiger partial charge in [0, 0.05) is 43.8 Å². The zero-order chi connectivity index (χ0) is 23.5. The molecule has 9 nitrogen and oxygen atoms in total. The summed E-state index contributed by atoms with van der Waals surface area (Å²) in [6, 6.07) is 7.77. The molecule has 1 saturated heterocycles. The normalized spacial score (nSPS) is 19.1. The molecule has 2 aliphatic rings. The fraction of sp³-hybridized carbons (Fsp3) is 0.478. The average molecular weight is 473 g/mol. The molecule has 2 aromatic rings. The summed E-state index contributed by atoms with van der Waals surface area (Å²) in [5.74, 6) is 1.02. The van der Waals surface area contributed by atoms with Gasteiger partial charge in [0.05, 0.1) is 11.5 Å². The first-order valence-electron chi connectivity index (χ1n) is 11.2. The van der Waals surface area contributed by atoms with E-state index in [1.54, 1.807) is 0 Å². The first-order chi connectivity index (χ1) is 15.8. The van der Waals surface area contributed by atoms with Crippen LogP contribution in [0.15, 0.2) is 30.6 Å². The maximum absolute atomic E-state index is 13.5. The lowest BCUT2D eigenvalue weighted by atomic mass is 9.96. The van der Waals surface area contributed by atoms with Gasteiger partial charge in [-0.05, 0) is 24.6 Å². The predicted molar refractivity (Wildman–Crippen MR) is 127 cm³/mol. The lowest BCUT2D eigenvalue weighted by molar-refractivity contribution is -0.133. The Morgan fingerprint density at radius 1 is 1.21 bits per heavy atom. The van der Waals surface area contributed by atoms with Gasteiger partial charge in [0.1, 0.15) is 24.1 Å².